The molecule has 146 valence electrons. The summed E-state index contributed by atoms with van der Waals surface area (Å²) in [6.07, 6.45) is 0.966. The first-order valence-electron chi connectivity index (χ1n) is 9.63. The van der Waals surface area contributed by atoms with Crippen LogP contribution in [0.5, 0.6) is 0 Å². The SMILES string of the molecule is Cc1csc(N2CCCN(C(=O)NCC(C)(C)c3ccccc3C)CC2)n1. The van der Waals surface area contributed by atoms with Gasteiger partial charge in [-0.1, -0.05) is 38.1 Å². The minimum Gasteiger partial charge on any atom is -0.346 e. The lowest BCUT2D eigenvalue weighted by Crippen LogP contribution is -2.46. The molecule has 0 spiro atoms. The third-order valence-electron chi connectivity index (χ3n) is 5.22. The number of nitrogens with zero attached hydrogens (tertiary/aromatic N) is 3. The molecule has 1 aromatic carbocycles. The van der Waals surface area contributed by atoms with Crippen molar-refractivity contribution in [3.05, 3.63) is 46.5 Å². The zero-order chi connectivity index (χ0) is 19.4. The number of aryl methyl sites for hydroxylation is 2. The Morgan fingerprint density at radius 1 is 1.19 bits per heavy atom. The smallest absolute Gasteiger partial charge is 0.317 e. The molecule has 0 atom stereocenters. The highest BCUT2D eigenvalue weighted by Crippen LogP contribution is 2.25. The van der Waals surface area contributed by atoms with Crippen LogP contribution in [0.25, 0.3) is 0 Å². The Morgan fingerprint density at radius 3 is 2.67 bits per heavy atom. The summed E-state index contributed by atoms with van der Waals surface area (Å²) >= 11 is 1.68. The number of benzene rings is 1. The second kappa shape index (κ2) is 8.30. The summed E-state index contributed by atoms with van der Waals surface area (Å²) in [4.78, 5) is 21.6. The number of carbonyl (C=O) groups is 1. The lowest BCUT2D eigenvalue weighted by Gasteiger charge is -2.29. The van der Waals surface area contributed by atoms with Crippen LogP contribution in [0.4, 0.5) is 9.93 Å². The lowest BCUT2D eigenvalue weighted by atomic mass is 9.82. The van der Waals surface area contributed by atoms with Crippen molar-refractivity contribution in [2.24, 2.45) is 0 Å². The third kappa shape index (κ3) is 4.80. The molecule has 0 unspecified atom stereocenters. The molecule has 1 N–H and O–H groups in total. The minimum absolute atomic E-state index is 0.0360. The van der Waals surface area contributed by atoms with Gasteiger partial charge in [-0.3, -0.25) is 0 Å². The van der Waals surface area contributed by atoms with Crippen molar-refractivity contribution in [3.63, 3.8) is 0 Å². The van der Waals surface area contributed by atoms with Gasteiger partial charge in [0.15, 0.2) is 5.13 Å². The van der Waals surface area contributed by atoms with E-state index in [4.69, 9.17) is 0 Å². The molecular formula is C21H30N4OS. The van der Waals surface area contributed by atoms with Gasteiger partial charge >= 0.3 is 6.03 Å². The average molecular weight is 387 g/mol. The van der Waals surface area contributed by atoms with E-state index in [1.165, 1.54) is 11.1 Å². The molecule has 1 aliphatic heterocycles. The molecule has 1 aliphatic rings. The quantitative estimate of drug-likeness (QED) is 0.865. The molecule has 1 fully saturated rings. The molecule has 1 saturated heterocycles. The Morgan fingerprint density at radius 2 is 1.96 bits per heavy atom. The number of hydrogen-bond donors (Lipinski definition) is 1. The van der Waals surface area contributed by atoms with Crippen molar-refractivity contribution in [3.8, 4) is 0 Å². The number of hydrogen-bond acceptors (Lipinski definition) is 4. The zero-order valence-electron chi connectivity index (χ0n) is 16.8. The Balaban J connectivity index is 1.56. The van der Waals surface area contributed by atoms with E-state index in [0.29, 0.717) is 6.54 Å². The monoisotopic (exact) mass is 386 g/mol. The summed E-state index contributed by atoms with van der Waals surface area (Å²) in [7, 11) is 0. The van der Waals surface area contributed by atoms with Crippen molar-refractivity contribution < 1.29 is 4.79 Å². The van der Waals surface area contributed by atoms with E-state index in [9.17, 15) is 4.79 Å². The predicted octanol–water partition coefficient (Wildman–Crippen LogP) is 3.96. The molecule has 2 amide bonds. The van der Waals surface area contributed by atoms with Crippen LogP contribution in [0.2, 0.25) is 0 Å². The van der Waals surface area contributed by atoms with Gasteiger partial charge in [0.2, 0.25) is 0 Å². The van der Waals surface area contributed by atoms with Crippen LogP contribution in [-0.4, -0.2) is 48.6 Å². The van der Waals surface area contributed by atoms with Crippen molar-refractivity contribution >= 4 is 22.5 Å². The zero-order valence-corrected chi connectivity index (χ0v) is 17.6. The van der Waals surface area contributed by atoms with Gasteiger partial charge in [0, 0.05) is 43.5 Å². The maximum absolute atomic E-state index is 12.7. The maximum atomic E-state index is 12.7. The summed E-state index contributed by atoms with van der Waals surface area (Å²) in [5.74, 6) is 0. The number of thiazole rings is 1. The number of aromatic nitrogens is 1. The molecule has 0 aliphatic carbocycles. The van der Waals surface area contributed by atoms with Crippen LogP contribution in [0.1, 0.15) is 37.1 Å². The van der Waals surface area contributed by atoms with Gasteiger partial charge < -0.3 is 15.1 Å². The van der Waals surface area contributed by atoms with E-state index >= 15 is 0 Å². The Hall–Kier alpha value is -2.08. The predicted molar refractivity (Wildman–Crippen MR) is 113 cm³/mol. The number of rotatable bonds is 4. The summed E-state index contributed by atoms with van der Waals surface area (Å²) in [5, 5.41) is 6.31. The first kappa shape index (κ1) is 19.7. The summed E-state index contributed by atoms with van der Waals surface area (Å²) < 4.78 is 0. The Bertz CT molecular complexity index is 786. The van der Waals surface area contributed by atoms with Crippen molar-refractivity contribution in [2.45, 2.75) is 39.5 Å². The largest absolute Gasteiger partial charge is 0.346 e. The Labute approximate surface area is 166 Å². The number of anilines is 1. The number of nitrogens with one attached hydrogen (secondary N) is 1. The second-order valence-electron chi connectivity index (χ2n) is 7.96. The van der Waals surface area contributed by atoms with Gasteiger partial charge in [0.1, 0.15) is 0 Å². The maximum Gasteiger partial charge on any atom is 0.317 e. The van der Waals surface area contributed by atoms with Crippen molar-refractivity contribution in [2.75, 3.05) is 37.6 Å². The standard InChI is InChI=1S/C21H30N4OS/c1-16-8-5-6-9-18(16)21(3,4)15-22-19(26)24-10-7-11-25(13-12-24)20-23-17(2)14-27-20/h5-6,8-9,14H,7,10-13,15H2,1-4H3,(H,22,26). The van der Waals surface area contributed by atoms with Crippen LogP contribution < -0.4 is 10.2 Å². The third-order valence-corrected chi connectivity index (χ3v) is 6.24. The fraction of sp³-hybridized carbons (Fsp3) is 0.524. The molecule has 2 heterocycles. The van der Waals surface area contributed by atoms with E-state index in [2.05, 4.69) is 65.6 Å². The molecule has 0 bridgehead atoms. The van der Waals surface area contributed by atoms with Crippen LogP contribution in [0, 0.1) is 13.8 Å². The highest BCUT2D eigenvalue weighted by atomic mass is 32.1. The molecule has 2 aromatic rings. The van der Waals surface area contributed by atoms with Gasteiger partial charge in [0.25, 0.3) is 0 Å². The van der Waals surface area contributed by atoms with Gasteiger partial charge in [-0.25, -0.2) is 9.78 Å². The normalized spacial score (nSPS) is 15.6. The van der Waals surface area contributed by atoms with Crippen LogP contribution in [0.3, 0.4) is 0 Å². The molecule has 3 rings (SSSR count). The van der Waals surface area contributed by atoms with Gasteiger partial charge in [0.05, 0.1) is 5.69 Å². The summed E-state index contributed by atoms with van der Waals surface area (Å²) in [5.41, 5.74) is 3.51. The van der Waals surface area contributed by atoms with Gasteiger partial charge in [-0.2, -0.15) is 0 Å². The summed E-state index contributed by atoms with van der Waals surface area (Å²) in [6.45, 7) is 12.5. The van der Waals surface area contributed by atoms with E-state index in [1.54, 1.807) is 11.3 Å². The van der Waals surface area contributed by atoms with Crippen molar-refractivity contribution in [1.29, 1.82) is 0 Å². The Kier molecular flexibility index (Phi) is 6.05. The molecule has 27 heavy (non-hydrogen) atoms. The first-order valence-corrected chi connectivity index (χ1v) is 10.5. The summed E-state index contributed by atoms with van der Waals surface area (Å²) in [6, 6.07) is 8.44. The van der Waals surface area contributed by atoms with Crippen LogP contribution in [0.15, 0.2) is 29.6 Å². The molecule has 0 saturated carbocycles. The van der Waals surface area contributed by atoms with Crippen LogP contribution >= 0.6 is 11.3 Å². The molecule has 5 nitrogen and oxygen atoms in total. The average Bonchev–Trinajstić information content (AvgIpc) is 2.92. The number of amides is 2. The van der Waals surface area contributed by atoms with E-state index in [0.717, 1.165) is 43.4 Å². The van der Waals surface area contributed by atoms with E-state index in [-0.39, 0.29) is 11.4 Å². The van der Waals surface area contributed by atoms with E-state index in [1.807, 2.05) is 11.8 Å². The van der Waals surface area contributed by atoms with Crippen molar-refractivity contribution in [1.82, 2.24) is 15.2 Å². The molecule has 6 heteroatoms. The molecule has 1 aromatic heterocycles. The fourth-order valence-electron chi connectivity index (χ4n) is 3.63. The van der Waals surface area contributed by atoms with E-state index < -0.39 is 0 Å². The highest BCUT2D eigenvalue weighted by Gasteiger charge is 2.25. The number of urea groups is 1. The minimum atomic E-state index is -0.0999. The van der Waals surface area contributed by atoms with Gasteiger partial charge in [-0.15, -0.1) is 11.3 Å². The molecular weight excluding hydrogens is 356 g/mol. The van der Waals surface area contributed by atoms with Gasteiger partial charge in [-0.05, 0) is 31.4 Å². The number of carbonyl (C=O) groups excluding carboxylic acids is 1. The first-order chi connectivity index (χ1) is 12.9. The molecule has 0 radical (unpaired) electrons. The lowest BCUT2D eigenvalue weighted by molar-refractivity contribution is 0.199. The second-order valence-corrected chi connectivity index (χ2v) is 8.79. The van der Waals surface area contributed by atoms with Crippen LogP contribution in [-0.2, 0) is 5.41 Å². The fourth-order valence-corrected chi connectivity index (χ4v) is 4.49. The topological polar surface area (TPSA) is 48.5 Å². The highest BCUT2D eigenvalue weighted by molar-refractivity contribution is 7.13.